The number of hydrogen-bond donors (Lipinski definition) is 1. The van der Waals surface area contributed by atoms with Crippen molar-refractivity contribution in [1.29, 1.82) is 0 Å². The number of fused-ring (bicyclic) bond motifs is 1. The highest BCUT2D eigenvalue weighted by atomic mass is 32.2. The molecule has 0 bridgehead atoms. The van der Waals surface area contributed by atoms with Gasteiger partial charge in [0.15, 0.2) is 0 Å². The molecule has 7 heteroatoms. The van der Waals surface area contributed by atoms with Gasteiger partial charge in [-0.3, -0.25) is 4.31 Å². The number of carbonyl (C=O) groups is 1. The Hall–Kier alpha value is -1.86. The smallest absolute Gasteiger partial charge is 0.327 e. The number of sulfonamides is 1. The highest BCUT2D eigenvalue weighted by Crippen LogP contribution is 2.40. The lowest BCUT2D eigenvalue weighted by Gasteiger charge is -2.23. The molecule has 128 valence electrons. The second-order valence-electron chi connectivity index (χ2n) is 6.86. The van der Waals surface area contributed by atoms with Crippen LogP contribution < -0.4 is 4.31 Å². The molecule has 1 aromatic heterocycles. The van der Waals surface area contributed by atoms with Crippen molar-refractivity contribution in [3.05, 3.63) is 46.8 Å². The van der Waals surface area contributed by atoms with E-state index < -0.39 is 22.0 Å². The second kappa shape index (κ2) is 5.60. The van der Waals surface area contributed by atoms with Crippen LogP contribution in [0.3, 0.4) is 0 Å². The van der Waals surface area contributed by atoms with E-state index in [1.54, 1.807) is 36.4 Å². The topological polar surface area (TPSA) is 74.7 Å². The fraction of sp³-hybridized carbons (Fsp3) is 0.353. The maximum atomic E-state index is 13.1. The van der Waals surface area contributed by atoms with Gasteiger partial charge in [0.1, 0.15) is 10.3 Å². The van der Waals surface area contributed by atoms with Crippen LogP contribution in [0.25, 0.3) is 0 Å². The molecule has 1 aliphatic heterocycles. The van der Waals surface area contributed by atoms with Crippen LogP contribution in [0, 0.1) is 0 Å². The molecule has 0 unspecified atom stereocenters. The molecule has 5 nitrogen and oxygen atoms in total. The number of aliphatic carboxylic acids is 1. The molecular formula is C17H19NO4S2. The number of nitrogens with zero attached hydrogens (tertiary/aromatic N) is 1. The summed E-state index contributed by atoms with van der Waals surface area (Å²) in [5.41, 5.74) is 1.03. The van der Waals surface area contributed by atoms with E-state index >= 15 is 0 Å². The van der Waals surface area contributed by atoms with Gasteiger partial charge in [-0.15, -0.1) is 11.3 Å². The average molecular weight is 365 g/mol. The first-order valence-corrected chi connectivity index (χ1v) is 9.83. The molecule has 2 aromatic rings. The van der Waals surface area contributed by atoms with Crippen LogP contribution in [0.4, 0.5) is 5.69 Å². The highest BCUT2D eigenvalue weighted by molar-refractivity contribution is 7.94. The summed E-state index contributed by atoms with van der Waals surface area (Å²) in [5, 5.41) is 9.50. The van der Waals surface area contributed by atoms with E-state index in [1.807, 2.05) is 20.8 Å². The van der Waals surface area contributed by atoms with Crippen molar-refractivity contribution >= 4 is 33.0 Å². The zero-order valence-electron chi connectivity index (χ0n) is 13.7. The molecule has 0 radical (unpaired) electrons. The summed E-state index contributed by atoms with van der Waals surface area (Å²) in [6, 6.07) is 9.21. The van der Waals surface area contributed by atoms with E-state index in [0.717, 1.165) is 14.7 Å². The third kappa shape index (κ3) is 2.71. The van der Waals surface area contributed by atoms with Crippen molar-refractivity contribution in [2.75, 3.05) is 4.31 Å². The van der Waals surface area contributed by atoms with Gasteiger partial charge in [0.25, 0.3) is 10.0 Å². The second-order valence-corrected chi connectivity index (χ2v) is 9.98. The minimum absolute atomic E-state index is 0.159. The number of hydrogen-bond acceptors (Lipinski definition) is 4. The van der Waals surface area contributed by atoms with Crippen molar-refractivity contribution in [2.24, 2.45) is 0 Å². The standard InChI is InChI=1S/C17H19NO4S2/c1-17(2,3)14-8-9-15(23-14)24(21,22)18-12-7-5-4-6-11(12)10-13(18)16(19)20/h4-9,13H,10H2,1-3H3,(H,19,20)/t13-/m0/s1. The first-order valence-electron chi connectivity index (χ1n) is 7.58. The summed E-state index contributed by atoms with van der Waals surface area (Å²) in [6.07, 6.45) is 0.183. The Morgan fingerprint density at radius 2 is 1.88 bits per heavy atom. The summed E-state index contributed by atoms with van der Waals surface area (Å²) < 4.78 is 27.5. The fourth-order valence-corrected chi connectivity index (χ4v) is 5.90. The molecule has 24 heavy (non-hydrogen) atoms. The number of benzene rings is 1. The maximum Gasteiger partial charge on any atom is 0.327 e. The van der Waals surface area contributed by atoms with Gasteiger partial charge in [-0.25, -0.2) is 13.2 Å². The molecule has 3 rings (SSSR count). The number of anilines is 1. The van der Waals surface area contributed by atoms with E-state index in [0.29, 0.717) is 5.69 Å². The van der Waals surface area contributed by atoms with Crippen molar-refractivity contribution in [3.63, 3.8) is 0 Å². The first-order chi connectivity index (χ1) is 11.1. The molecule has 1 aliphatic rings. The van der Waals surface area contributed by atoms with Crippen molar-refractivity contribution in [3.8, 4) is 0 Å². The zero-order chi connectivity index (χ0) is 17.7. The summed E-state index contributed by atoms with van der Waals surface area (Å²) in [4.78, 5) is 12.6. The van der Waals surface area contributed by atoms with Gasteiger partial charge in [0.2, 0.25) is 0 Å². The maximum absolute atomic E-state index is 13.1. The lowest BCUT2D eigenvalue weighted by molar-refractivity contribution is -0.138. The van der Waals surface area contributed by atoms with Gasteiger partial charge in [-0.05, 0) is 29.2 Å². The van der Waals surface area contributed by atoms with Gasteiger partial charge in [0.05, 0.1) is 5.69 Å². The van der Waals surface area contributed by atoms with Crippen LogP contribution in [0.15, 0.2) is 40.6 Å². The Balaban J connectivity index is 2.11. The predicted molar refractivity (Wildman–Crippen MR) is 94.3 cm³/mol. The SMILES string of the molecule is CC(C)(C)c1ccc(S(=O)(=O)N2c3ccccc3C[C@H]2C(=O)O)s1. The number of rotatable bonds is 3. The van der Waals surface area contributed by atoms with Crippen LogP contribution in [0.5, 0.6) is 0 Å². The Kier molecular flexibility index (Phi) is 3.96. The van der Waals surface area contributed by atoms with E-state index in [-0.39, 0.29) is 16.0 Å². The molecule has 1 aromatic carbocycles. The summed E-state index contributed by atoms with van der Waals surface area (Å²) in [5.74, 6) is -1.14. The molecule has 1 N–H and O–H groups in total. The molecule has 0 amide bonds. The lowest BCUT2D eigenvalue weighted by Crippen LogP contribution is -2.42. The third-order valence-electron chi connectivity index (χ3n) is 4.04. The van der Waals surface area contributed by atoms with Gasteiger partial charge in [0, 0.05) is 11.3 Å². The molecule has 0 spiro atoms. The number of thiophene rings is 1. The first kappa shape index (κ1) is 17.0. The van der Waals surface area contributed by atoms with E-state index in [1.165, 1.54) is 11.3 Å². The Bertz CT molecular complexity index is 893. The van der Waals surface area contributed by atoms with E-state index in [2.05, 4.69) is 0 Å². The summed E-state index contributed by atoms with van der Waals surface area (Å²) in [7, 11) is -3.91. The molecule has 0 fully saturated rings. The predicted octanol–water partition coefficient (Wildman–Crippen LogP) is 3.25. The van der Waals surface area contributed by atoms with Crippen molar-refractivity contribution in [1.82, 2.24) is 0 Å². The van der Waals surface area contributed by atoms with E-state index in [9.17, 15) is 18.3 Å². The van der Waals surface area contributed by atoms with Gasteiger partial charge >= 0.3 is 5.97 Å². The van der Waals surface area contributed by atoms with Gasteiger partial charge < -0.3 is 5.11 Å². The highest BCUT2D eigenvalue weighted by Gasteiger charge is 2.43. The van der Waals surface area contributed by atoms with E-state index in [4.69, 9.17) is 0 Å². The Labute approximate surface area is 145 Å². The Morgan fingerprint density at radius 1 is 1.21 bits per heavy atom. The molecule has 0 saturated carbocycles. The largest absolute Gasteiger partial charge is 0.480 e. The van der Waals surface area contributed by atoms with Crippen LogP contribution in [0.1, 0.15) is 31.2 Å². The fourth-order valence-electron chi connectivity index (χ4n) is 2.80. The molecule has 0 saturated heterocycles. The minimum Gasteiger partial charge on any atom is -0.480 e. The van der Waals surface area contributed by atoms with Crippen molar-refractivity contribution < 1.29 is 18.3 Å². The number of carboxylic acids is 1. The van der Waals surface area contributed by atoms with Crippen LogP contribution in [0.2, 0.25) is 0 Å². The lowest BCUT2D eigenvalue weighted by atomic mass is 9.95. The normalized spacial score (nSPS) is 17.8. The van der Waals surface area contributed by atoms with Gasteiger partial charge in [-0.2, -0.15) is 0 Å². The molecular weight excluding hydrogens is 346 g/mol. The Morgan fingerprint density at radius 3 is 2.46 bits per heavy atom. The number of para-hydroxylation sites is 1. The number of carboxylic acid groups (broad SMARTS) is 1. The van der Waals surface area contributed by atoms with Gasteiger partial charge in [-0.1, -0.05) is 39.0 Å². The zero-order valence-corrected chi connectivity index (χ0v) is 15.3. The quantitative estimate of drug-likeness (QED) is 0.906. The third-order valence-corrected chi connectivity index (χ3v) is 7.85. The summed E-state index contributed by atoms with van der Waals surface area (Å²) in [6.45, 7) is 6.04. The van der Waals surface area contributed by atoms with Crippen LogP contribution in [-0.2, 0) is 26.7 Å². The molecule has 2 heterocycles. The van der Waals surface area contributed by atoms with Crippen LogP contribution >= 0.6 is 11.3 Å². The average Bonchev–Trinajstić information content (AvgIpc) is 3.12. The molecule has 0 aliphatic carbocycles. The van der Waals surface area contributed by atoms with Crippen molar-refractivity contribution in [2.45, 2.75) is 42.9 Å². The minimum atomic E-state index is -3.91. The molecule has 1 atom stereocenters. The van der Waals surface area contributed by atoms with Crippen LogP contribution in [-0.4, -0.2) is 25.5 Å². The monoisotopic (exact) mass is 365 g/mol. The summed E-state index contributed by atoms with van der Waals surface area (Å²) >= 11 is 1.20.